The maximum atomic E-state index is 12.9. The molecule has 3 atom stereocenters. The van der Waals surface area contributed by atoms with Crippen LogP contribution in [0.15, 0.2) is 12.1 Å². The third-order valence-corrected chi connectivity index (χ3v) is 5.64. The van der Waals surface area contributed by atoms with Crippen LogP contribution in [0.1, 0.15) is 61.3 Å². The van der Waals surface area contributed by atoms with Gasteiger partial charge in [0.05, 0.1) is 12.7 Å². The zero-order chi connectivity index (χ0) is 18.8. The number of rotatable bonds is 5. The fraction of sp³-hybridized carbons (Fsp3) is 0.619. The van der Waals surface area contributed by atoms with Gasteiger partial charge in [0.1, 0.15) is 11.2 Å². The van der Waals surface area contributed by atoms with Crippen LogP contribution in [0.25, 0.3) is 0 Å². The van der Waals surface area contributed by atoms with E-state index in [0.717, 1.165) is 16.7 Å². The van der Waals surface area contributed by atoms with Crippen molar-refractivity contribution in [1.82, 2.24) is 0 Å². The lowest BCUT2D eigenvalue weighted by Gasteiger charge is -2.44. The molecule has 3 unspecified atom stereocenters. The highest BCUT2D eigenvalue weighted by atomic mass is 16.5. The molecule has 4 heteroatoms. The van der Waals surface area contributed by atoms with Gasteiger partial charge in [-0.05, 0) is 70.6 Å². The van der Waals surface area contributed by atoms with Crippen molar-refractivity contribution >= 4 is 11.8 Å². The largest absolute Gasteiger partial charge is 0.465 e. The Balaban J connectivity index is 2.65. The number of hydrogen-bond acceptors (Lipinski definition) is 4. The standard InChI is InChI=1S/C21H30O4/c1-7-25-20(23)21(16(5)22)9-8-17(24-6)12-18(21)19-14(3)10-13(2)11-15(19)4/h10-11,17-18H,7-9,12H2,1-6H3. The molecule has 0 spiro atoms. The van der Waals surface area contributed by atoms with E-state index in [0.29, 0.717) is 19.3 Å². The zero-order valence-electron chi connectivity index (χ0n) is 16.3. The SMILES string of the molecule is CCOC(=O)C1(C(C)=O)CCC(OC)CC1c1c(C)cc(C)cc1C. The van der Waals surface area contributed by atoms with Crippen molar-refractivity contribution in [2.45, 2.75) is 65.9 Å². The summed E-state index contributed by atoms with van der Waals surface area (Å²) in [5.41, 5.74) is 3.40. The molecule has 0 aliphatic heterocycles. The first kappa shape index (κ1) is 19.6. The van der Waals surface area contributed by atoms with E-state index in [1.807, 2.05) is 0 Å². The summed E-state index contributed by atoms with van der Waals surface area (Å²) in [6.07, 6.45) is 1.86. The van der Waals surface area contributed by atoms with Gasteiger partial charge in [0, 0.05) is 13.0 Å². The number of Topliss-reactive ketones (excluding diaryl/α,β-unsaturated/α-hetero) is 1. The number of carbonyl (C=O) groups is 2. The van der Waals surface area contributed by atoms with Gasteiger partial charge in [-0.2, -0.15) is 0 Å². The molecule has 1 fully saturated rings. The summed E-state index contributed by atoms with van der Waals surface area (Å²) in [5, 5.41) is 0. The summed E-state index contributed by atoms with van der Waals surface area (Å²) in [6, 6.07) is 4.24. The molecule has 0 N–H and O–H groups in total. The molecule has 1 saturated carbocycles. The number of methoxy groups -OCH3 is 1. The fourth-order valence-electron chi connectivity index (χ4n) is 4.53. The molecule has 0 amide bonds. The average molecular weight is 346 g/mol. The van der Waals surface area contributed by atoms with Crippen LogP contribution >= 0.6 is 0 Å². The van der Waals surface area contributed by atoms with E-state index in [1.54, 1.807) is 14.0 Å². The molecule has 1 aliphatic rings. The normalized spacial score (nSPS) is 26.3. The number of carbonyl (C=O) groups excluding carboxylic acids is 2. The molecule has 0 radical (unpaired) electrons. The molecule has 4 nitrogen and oxygen atoms in total. The number of esters is 1. The van der Waals surface area contributed by atoms with Gasteiger partial charge in [-0.1, -0.05) is 17.7 Å². The van der Waals surface area contributed by atoms with Crippen molar-refractivity contribution in [3.8, 4) is 0 Å². The number of ether oxygens (including phenoxy) is 2. The highest BCUT2D eigenvalue weighted by Gasteiger charge is 2.55. The molecule has 1 aromatic rings. The van der Waals surface area contributed by atoms with Crippen molar-refractivity contribution in [3.05, 3.63) is 34.4 Å². The van der Waals surface area contributed by atoms with Crippen LogP contribution in [0.2, 0.25) is 0 Å². The molecule has 0 bridgehead atoms. The minimum atomic E-state index is -1.12. The van der Waals surface area contributed by atoms with Crippen LogP contribution in [-0.2, 0) is 19.1 Å². The number of hydrogen-bond donors (Lipinski definition) is 0. The van der Waals surface area contributed by atoms with Crippen LogP contribution < -0.4 is 0 Å². The maximum absolute atomic E-state index is 12.9. The van der Waals surface area contributed by atoms with E-state index in [-0.39, 0.29) is 30.4 Å². The summed E-state index contributed by atoms with van der Waals surface area (Å²) in [6.45, 7) is 9.76. The Morgan fingerprint density at radius 3 is 2.28 bits per heavy atom. The maximum Gasteiger partial charge on any atom is 0.320 e. The zero-order valence-corrected chi connectivity index (χ0v) is 16.3. The molecular weight excluding hydrogens is 316 g/mol. The first-order valence-electron chi connectivity index (χ1n) is 9.06. The number of benzene rings is 1. The van der Waals surface area contributed by atoms with Crippen LogP contribution in [0, 0.1) is 26.2 Å². The minimum Gasteiger partial charge on any atom is -0.465 e. The highest BCUT2D eigenvalue weighted by Crippen LogP contribution is 2.51. The van der Waals surface area contributed by atoms with Gasteiger partial charge in [0.2, 0.25) is 0 Å². The molecule has 0 aromatic heterocycles. The predicted octanol–water partition coefficient (Wildman–Crippen LogP) is 4.03. The Bertz CT molecular complexity index is 641. The van der Waals surface area contributed by atoms with E-state index in [2.05, 4.69) is 32.9 Å². The lowest BCUT2D eigenvalue weighted by atomic mass is 9.60. The Hall–Kier alpha value is -1.68. The summed E-state index contributed by atoms with van der Waals surface area (Å²) in [7, 11) is 1.70. The van der Waals surface area contributed by atoms with Crippen molar-refractivity contribution in [1.29, 1.82) is 0 Å². The smallest absolute Gasteiger partial charge is 0.320 e. The molecule has 1 aliphatic carbocycles. The Labute approximate surface area is 150 Å². The summed E-state index contributed by atoms with van der Waals surface area (Å²) >= 11 is 0. The topological polar surface area (TPSA) is 52.6 Å². The third-order valence-electron chi connectivity index (χ3n) is 5.64. The lowest BCUT2D eigenvalue weighted by molar-refractivity contribution is -0.165. The first-order valence-corrected chi connectivity index (χ1v) is 9.06. The fourth-order valence-corrected chi connectivity index (χ4v) is 4.53. The molecule has 0 heterocycles. The van der Waals surface area contributed by atoms with Gasteiger partial charge in [-0.3, -0.25) is 9.59 Å². The number of ketones is 1. The van der Waals surface area contributed by atoms with Gasteiger partial charge in [-0.25, -0.2) is 0 Å². The van der Waals surface area contributed by atoms with Crippen LogP contribution in [0.3, 0.4) is 0 Å². The Kier molecular flexibility index (Phi) is 6.04. The summed E-state index contributed by atoms with van der Waals surface area (Å²) in [5.74, 6) is -0.713. The second-order valence-electron chi connectivity index (χ2n) is 7.25. The molecule has 0 saturated heterocycles. The van der Waals surface area contributed by atoms with Gasteiger partial charge < -0.3 is 9.47 Å². The summed E-state index contributed by atoms with van der Waals surface area (Å²) in [4.78, 5) is 25.7. The quantitative estimate of drug-likeness (QED) is 0.596. The van der Waals surface area contributed by atoms with Crippen molar-refractivity contribution < 1.29 is 19.1 Å². The van der Waals surface area contributed by atoms with E-state index in [4.69, 9.17) is 9.47 Å². The van der Waals surface area contributed by atoms with Crippen molar-refractivity contribution in [2.75, 3.05) is 13.7 Å². The molecule has 2 rings (SSSR count). The minimum absolute atomic E-state index is 0.0482. The Morgan fingerprint density at radius 1 is 1.20 bits per heavy atom. The molecule has 1 aromatic carbocycles. The van der Waals surface area contributed by atoms with E-state index in [1.165, 1.54) is 12.5 Å². The second kappa shape index (κ2) is 7.69. The van der Waals surface area contributed by atoms with Gasteiger partial charge in [0.25, 0.3) is 0 Å². The van der Waals surface area contributed by atoms with Crippen LogP contribution in [-0.4, -0.2) is 31.6 Å². The van der Waals surface area contributed by atoms with E-state index in [9.17, 15) is 9.59 Å². The highest BCUT2D eigenvalue weighted by molar-refractivity contribution is 6.04. The lowest BCUT2D eigenvalue weighted by Crippen LogP contribution is -2.49. The predicted molar refractivity (Wildman–Crippen MR) is 97.8 cm³/mol. The van der Waals surface area contributed by atoms with Crippen LogP contribution in [0.5, 0.6) is 0 Å². The molecular formula is C21H30O4. The monoisotopic (exact) mass is 346 g/mol. The Morgan fingerprint density at radius 2 is 1.80 bits per heavy atom. The van der Waals surface area contributed by atoms with Gasteiger partial charge >= 0.3 is 5.97 Å². The van der Waals surface area contributed by atoms with E-state index < -0.39 is 5.41 Å². The molecule has 25 heavy (non-hydrogen) atoms. The second-order valence-corrected chi connectivity index (χ2v) is 7.25. The summed E-state index contributed by atoms with van der Waals surface area (Å²) < 4.78 is 11.0. The van der Waals surface area contributed by atoms with Crippen LogP contribution in [0.4, 0.5) is 0 Å². The molecule has 138 valence electrons. The van der Waals surface area contributed by atoms with Gasteiger partial charge in [0.15, 0.2) is 0 Å². The third kappa shape index (κ3) is 3.50. The van der Waals surface area contributed by atoms with Crippen molar-refractivity contribution in [3.63, 3.8) is 0 Å². The average Bonchev–Trinajstić information content (AvgIpc) is 2.53. The first-order chi connectivity index (χ1) is 11.8. The van der Waals surface area contributed by atoms with Crippen molar-refractivity contribution in [2.24, 2.45) is 5.41 Å². The van der Waals surface area contributed by atoms with E-state index >= 15 is 0 Å². The number of aryl methyl sites for hydroxylation is 3. The van der Waals surface area contributed by atoms with Gasteiger partial charge in [-0.15, -0.1) is 0 Å².